The van der Waals surface area contributed by atoms with Crippen LogP contribution in [0.15, 0.2) is 76.9 Å². The third kappa shape index (κ3) is 10.3. The van der Waals surface area contributed by atoms with Crippen molar-refractivity contribution in [2.24, 2.45) is 5.92 Å². The first-order valence-electron chi connectivity index (χ1n) is 30.3. The van der Waals surface area contributed by atoms with Gasteiger partial charge in [-0.2, -0.15) is 9.97 Å². The van der Waals surface area contributed by atoms with Gasteiger partial charge in [-0.25, -0.2) is 9.78 Å². The second-order valence-electron chi connectivity index (χ2n) is 24.6. The molecule has 6 aliphatic rings. The van der Waals surface area contributed by atoms with E-state index < -0.39 is 18.1 Å². The topological polar surface area (TPSA) is 216 Å². The number of nitrogens with one attached hydrogen (secondary N) is 1. The number of ether oxygens (including phenoxy) is 2. The zero-order chi connectivity index (χ0) is 58.0. The van der Waals surface area contributed by atoms with Gasteiger partial charge in [0.05, 0.1) is 50.4 Å². The van der Waals surface area contributed by atoms with E-state index in [4.69, 9.17) is 28.9 Å². The van der Waals surface area contributed by atoms with E-state index in [2.05, 4.69) is 44.3 Å². The van der Waals surface area contributed by atoms with Gasteiger partial charge in [-0.1, -0.05) is 81.2 Å². The smallest absolute Gasteiger partial charge is 0.409 e. The van der Waals surface area contributed by atoms with Crippen LogP contribution in [0, 0.1) is 12.8 Å². The highest BCUT2D eigenvalue weighted by Gasteiger charge is 2.51. The fourth-order valence-corrected chi connectivity index (χ4v) is 15.3. The van der Waals surface area contributed by atoms with Crippen LogP contribution >= 0.6 is 11.3 Å². The van der Waals surface area contributed by atoms with Crippen LogP contribution in [-0.2, 0) is 14.3 Å². The molecule has 0 saturated carbocycles. The van der Waals surface area contributed by atoms with Gasteiger partial charge in [-0.15, -0.1) is 11.3 Å². The summed E-state index contributed by atoms with van der Waals surface area (Å²) in [6, 6.07) is 19.0. The zero-order valence-corrected chi connectivity index (χ0v) is 49.4. The molecule has 3 aromatic carbocycles. The van der Waals surface area contributed by atoms with Gasteiger partial charge in [0.25, 0.3) is 0 Å². The van der Waals surface area contributed by atoms with Crippen molar-refractivity contribution in [2.45, 2.75) is 134 Å². The molecule has 1 aliphatic carbocycles. The summed E-state index contributed by atoms with van der Waals surface area (Å²) in [6.45, 7) is 15.2. The van der Waals surface area contributed by atoms with Gasteiger partial charge < -0.3 is 49.1 Å². The number of aromatic hydroxyl groups is 1. The van der Waals surface area contributed by atoms with E-state index in [0.717, 1.165) is 124 Å². The average molecular weight is 1160 g/mol. The Balaban J connectivity index is 0.632. The van der Waals surface area contributed by atoms with E-state index in [1.54, 1.807) is 22.3 Å². The molecular weight excluding hydrogens is 1080 g/mol. The number of amides is 3. The molecule has 3 N–H and O–H groups in total. The van der Waals surface area contributed by atoms with Crippen LogP contribution in [0.3, 0.4) is 0 Å². The number of nitrogens with zero attached hydrogens (tertiary/aromatic N) is 10. The van der Waals surface area contributed by atoms with Crippen molar-refractivity contribution in [3.63, 3.8) is 0 Å². The van der Waals surface area contributed by atoms with Crippen molar-refractivity contribution in [1.29, 1.82) is 0 Å². The summed E-state index contributed by atoms with van der Waals surface area (Å²) in [5.41, 5.74) is 9.33. The van der Waals surface area contributed by atoms with E-state index in [0.29, 0.717) is 50.4 Å². The van der Waals surface area contributed by atoms with E-state index in [1.165, 1.54) is 23.3 Å². The molecule has 9 heterocycles. The maximum absolute atomic E-state index is 14.5. The Bertz CT molecular complexity index is 3610. The number of pyridine rings is 1. The second kappa shape index (κ2) is 22.9. The molecule has 20 heteroatoms. The number of benzene rings is 3. The first-order chi connectivity index (χ1) is 40.7. The lowest BCUT2D eigenvalue weighted by Crippen LogP contribution is -2.50. The fourth-order valence-electron chi connectivity index (χ4n) is 14.5. The number of anilines is 2. The lowest BCUT2D eigenvalue weighted by molar-refractivity contribution is -0.141. The molecule has 3 amide bonds. The lowest BCUT2D eigenvalue weighted by Gasteiger charge is -2.36. The molecule has 84 heavy (non-hydrogen) atoms. The number of hydrogen-bond acceptors (Lipinski definition) is 17. The van der Waals surface area contributed by atoms with Crippen LogP contribution in [0.5, 0.6) is 11.8 Å². The summed E-state index contributed by atoms with van der Waals surface area (Å²) in [5, 5.41) is 32.2. The van der Waals surface area contributed by atoms with Crippen LogP contribution in [0.4, 0.5) is 16.4 Å². The van der Waals surface area contributed by atoms with Gasteiger partial charge in [-0.3, -0.25) is 19.5 Å². The number of aliphatic hydroxyl groups excluding tert-OH is 1. The first kappa shape index (κ1) is 55.8. The Labute approximate surface area is 493 Å². The summed E-state index contributed by atoms with van der Waals surface area (Å²) >= 11 is 1.59. The van der Waals surface area contributed by atoms with Crippen LogP contribution in [0.25, 0.3) is 43.4 Å². The number of likely N-dealkylation sites (tertiary alicyclic amines) is 1. The van der Waals surface area contributed by atoms with Gasteiger partial charge >= 0.3 is 12.1 Å². The van der Waals surface area contributed by atoms with Crippen LogP contribution < -0.4 is 19.9 Å². The number of hydrogen-bond donors (Lipinski definition) is 3. The SMILES string of the molecule is Cc1ncsc1-c1ccc([C@H](C)NC(=O)[C@@H]2C[C@@H](O)CN2C(=O)[C@@H](c2cc(N3CCN(C(=O)OCC4CC[C@@]5(COc6nc(N7CCCCCC7)c7cnc8c(c7n6)C(C)c6cccc7cc(O)cc-8c67)CCCN45)CC3)no2)C(C)C)cc1. The summed E-state index contributed by atoms with van der Waals surface area (Å²) < 4.78 is 18.9. The van der Waals surface area contributed by atoms with Crippen LogP contribution in [-0.4, -0.2) is 157 Å². The van der Waals surface area contributed by atoms with Crippen molar-refractivity contribution < 1.29 is 38.6 Å². The molecule has 0 spiro atoms. The molecule has 19 nitrogen and oxygen atoms in total. The van der Waals surface area contributed by atoms with Crippen molar-refractivity contribution in [2.75, 3.05) is 75.4 Å². The van der Waals surface area contributed by atoms with Crippen molar-refractivity contribution in [3.05, 3.63) is 101 Å². The number of carbonyl (C=O) groups excluding carboxylic acids is 3. The molecule has 7 atom stereocenters. The van der Waals surface area contributed by atoms with E-state index in [9.17, 15) is 24.6 Å². The first-order valence-corrected chi connectivity index (χ1v) is 31.1. The normalized spacial score (nSPS) is 23.2. The monoisotopic (exact) mass is 1160 g/mol. The maximum atomic E-state index is 14.5. The predicted octanol–water partition coefficient (Wildman–Crippen LogP) is 9.73. The minimum atomic E-state index is -0.853. The molecule has 0 bridgehead atoms. The van der Waals surface area contributed by atoms with Crippen molar-refractivity contribution in [3.8, 4) is 33.5 Å². The molecule has 4 aromatic heterocycles. The Morgan fingerprint density at radius 2 is 1.70 bits per heavy atom. The molecular formula is C64H75N11O8S. The highest BCUT2D eigenvalue weighted by Crippen LogP contribution is 2.49. The van der Waals surface area contributed by atoms with Gasteiger partial charge in [-0.05, 0) is 104 Å². The molecule has 5 fully saturated rings. The van der Waals surface area contributed by atoms with Crippen molar-refractivity contribution in [1.82, 2.24) is 45.1 Å². The third-order valence-corrected chi connectivity index (χ3v) is 19.9. The largest absolute Gasteiger partial charge is 0.508 e. The quantitative estimate of drug-likeness (QED) is 0.0924. The maximum Gasteiger partial charge on any atom is 0.409 e. The highest BCUT2D eigenvalue weighted by atomic mass is 32.1. The number of carbonyl (C=O) groups is 3. The van der Waals surface area contributed by atoms with Gasteiger partial charge in [0.1, 0.15) is 36.7 Å². The Morgan fingerprint density at radius 3 is 2.46 bits per heavy atom. The van der Waals surface area contributed by atoms with Crippen LogP contribution in [0.1, 0.15) is 132 Å². The predicted molar refractivity (Wildman–Crippen MR) is 322 cm³/mol. The minimum Gasteiger partial charge on any atom is -0.508 e. The second-order valence-corrected chi connectivity index (χ2v) is 25.4. The molecule has 5 aliphatic heterocycles. The standard InChI is InChI=1S/C64H75N11O8S/c1-37(2)53(61(79)74-33-46(77)30-50(74)60(78)67-39(4)41-14-16-42(17-15-41)58-40(5)66-36-84-58)51-31-52(70-83-51)71-24-26-73(27-25-71)63(80)81-34-44-18-20-64(19-11-23-75(44)64)35-82-62-68-57-49(59(69-62)72-21-8-6-7-9-22-72)32-65-56-48-29-45(76)28-43-12-10-13-47(55(43)48)38(3)54(56)57/h10,12-17,28-29,31-32,36-39,44,46,50,53,76-77H,6-9,11,18-27,30,33-35H2,1-5H3,(H,67,78)/t38?,39-,44?,46+,50-,53+,64+/m0/s1. The van der Waals surface area contributed by atoms with E-state index in [-0.39, 0.29) is 72.7 Å². The Kier molecular flexibility index (Phi) is 15.2. The fraction of sp³-hybridized carbons (Fsp3) is 0.500. The van der Waals surface area contributed by atoms with Gasteiger partial charge in [0, 0.05) is 87.6 Å². The van der Waals surface area contributed by atoms with E-state index in [1.807, 2.05) is 86.8 Å². The number of aryl methyl sites for hydroxylation is 1. The number of phenols is 1. The molecule has 440 valence electrons. The number of phenolic OH excluding ortho intramolecular Hbond substituents is 1. The van der Waals surface area contributed by atoms with Crippen LogP contribution in [0.2, 0.25) is 0 Å². The molecule has 0 radical (unpaired) electrons. The summed E-state index contributed by atoms with van der Waals surface area (Å²) in [4.78, 5) is 73.4. The summed E-state index contributed by atoms with van der Waals surface area (Å²) in [7, 11) is 0. The number of piperazine rings is 1. The lowest BCUT2D eigenvalue weighted by atomic mass is 9.79. The number of aromatic nitrogens is 5. The molecule has 13 rings (SSSR count). The average Bonchev–Trinajstić information content (AvgIpc) is 1.98. The summed E-state index contributed by atoms with van der Waals surface area (Å²) in [5.74, 6) is 0.447. The van der Waals surface area contributed by atoms with Gasteiger partial charge in [0.2, 0.25) is 11.8 Å². The number of aliphatic hydroxyl groups is 1. The number of rotatable bonds is 14. The highest BCUT2D eigenvalue weighted by molar-refractivity contribution is 7.13. The molecule has 7 aromatic rings. The summed E-state index contributed by atoms with van der Waals surface area (Å²) in [6.07, 6.45) is 9.17. The van der Waals surface area contributed by atoms with E-state index >= 15 is 0 Å². The molecule has 2 unspecified atom stereocenters. The van der Waals surface area contributed by atoms with Gasteiger partial charge in [0.15, 0.2) is 11.6 Å². The van der Waals surface area contributed by atoms with Crippen molar-refractivity contribution >= 4 is 62.6 Å². The third-order valence-electron chi connectivity index (χ3n) is 19.0. The molecule has 5 saturated heterocycles. The zero-order valence-electron chi connectivity index (χ0n) is 48.6. The number of fused-ring (bicyclic) bond motifs is 5. The minimum absolute atomic E-state index is 0.00729. The number of β-amino-alcohol motifs (C(OH)–C–C–N with tert-alkyl or cyclic N) is 1. The Hall–Kier alpha value is -7.42. The Morgan fingerprint density at radius 1 is 0.905 bits per heavy atom. The number of thiazole rings is 1.